The van der Waals surface area contributed by atoms with Gasteiger partial charge in [-0.2, -0.15) is 0 Å². The van der Waals surface area contributed by atoms with E-state index in [-0.39, 0.29) is 23.4 Å². The van der Waals surface area contributed by atoms with Crippen LogP contribution in [0.1, 0.15) is 26.2 Å². The highest BCUT2D eigenvalue weighted by atomic mass is 35.5. The first-order valence-electron chi connectivity index (χ1n) is 5.20. The summed E-state index contributed by atoms with van der Waals surface area (Å²) in [6.45, 7) is 2.07. The molecular weight excluding hydrogens is 200 g/mol. The monoisotopic (exact) mass is 212 g/mol. The molecule has 0 aromatic carbocycles. The van der Waals surface area contributed by atoms with Crippen LogP contribution in [0.2, 0.25) is 0 Å². The lowest BCUT2D eigenvalue weighted by Crippen LogP contribution is -2.50. The first kappa shape index (κ1) is 8.93. The van der Waals surface area contributed by atoms with Crippen molar-refractivity contribution in [1.82, 2.24) is 0 Å². The molecular formula is C11H13ClO2. The summed E-state index contributed by atoms with van der Waals surface area (Å²) in [6, 6.07) is 0. The minimum atomic E-state index is -0.455. The molecule has 0 aromatic rings. The van der Waals surface area contributed by atoms with Crippen LogP contribution in [0.4, 0.5) is 0 Å². The molecule has 2 bridgehead atoms. The average Bonchev–Trinajstić information content (AvgIpc) is 2.70. The van der Waals surface area contributed by atoms with E-state index >= 15 is 0 Å². The van der Waals surface area contributed by atoms with Crippen molar-refractivity contribution >= 4 is 17.4 Å². The normalized spacial score (nSPS) is 50.6. The number of ether oxygens (including phenoxy) is 1. The molecule has 2 fully saturated rings. The number of Topliss-reactive ketones (excluding diaryl/α,β-unsaturated/α-hetero) is 1. The van der Waals surface area contributed by atoms with Gasteiger partial charge in [0.1, 0.15) is 11.5 Å². The van der Waals surface area contributed by atoms with Crippen molar-refractivity contribution in [2.75, 3.05) is 0 Å². The van der Waals surface area contributed by atoms with Crippen molar-refractivity contribution in [2.45, 2.75) is 43.3 Å². The SMILES string of the molecule is CC1=CC2OC13CCCC3C(=O)C2Cl. The molecule has 1 aliphatic carbocycles. The number of halogens is 1. The number of alkyl halides is 1. The molecule has 3 aliphatic rings. The maximum Gasteiger partial charge on any atom is 0.159 e. The molecule has 0 amide bonds. The first-order valence-corrected chi connectivity index (χ1v) is 5.63. The summed E-state index contributed by atoms with van der Waals surface area (Å²) in [5, 5.41) is -0.455. The predicted molar refractivity (Wildman–Crippen MR) is 53.4 cm³/mol. The van der Waals surface area contributed by atoms with Crippen LogP contribution in [-0.4, -0.2) is 22.9 Å². The lowest BCUT2D eigenvalue weighted by molar-refractivity contribution is -0.146. The summed E-state index contributed by atoms with van der Waals surface area (Å²) >= 11 is 6.07. The summed E-state index contributed by atoms with van der Waals surface area (Å²) in [4.78, 5) is 12.0. The summed E-state index contributed by atoms with van der Waals surface area (Å²) in [5.74, 6) is 0.230. The van der Waals surface area contributed by atoms with Gasteiger partial charge >= 0.3 is 0 Å². The highest BCUT2D eigenvalue weighted by Crippen LogP contribution is 2.53. The zero-order valence-electron chi connectivity index (χ0n) is 8.13. The van der Waals surface area contributed by atoms with E-state index in [9.17, 15) is 4.79 Å². The molecule has 0 N–H and O–H groups in total. The van der Waals surface area contributed by atoms with Crippen molar-refractivity contribution in [3.63, 3.8) is 0 Å². The van der Waals surface area contributed by atoms with Gasteiger partial charge in [0, 0.05) is 0 Å². The van der Waals surface area contributed by atoms with Gasteiger partial charge < -0.3 is 4.74 Å². The second kappa shape index (κ2) is 2.61. The summed E-state index contributed by atoms with van der Waals surface area (Å²) in [5.41, 5.74) is 0.967. The number of carbonyl (C=O) groups excluding carboxylic acids is 1. The second-order valence-corrected chi connectivity index (χ2v) is 5.04. The fourth-order valence-corrected chi connectivity index (χ4v) is 3.49. The van der Waals surface area contributed by atoms with Crippen LogP contribution in [0, 0.1) is 5.92 Å². The molecule has 0 aromatic heterocycles. The maximum absolute atomic E-state index is 12.0. The van der Waals surface area contributed by atoms with Gasteiger partial charge in [0.05, 0.1) is 11.5 Å². The molecule has 3 rings (SSSR count). The van der Waals surface area contributed by atoms with Gasteiger partial charge in [-0.3, -0.25) is 4.79 Å². The fraction of sp³-hybridized carbons (Fsp3) is 0.727. The zero-order chi connectivity index (χ0) is 9.92. The topological polar surface area (TPSA) is 26.3 Å². The second-order valence-electron chi connectivity index (χ2n) is 4.57. The lowest BCUT2D eigenvalue weighted by Gasteiger charge is -2.38. The number of hydrogen-bond donors (Lipinski definition) is 0. The smallest absolute Gasteiger partial charge is 0.159 e. The molecule has 76 valence electrons. The Labute approximate surface area is 88.3 Å². The Morgan fingerprint density at radius 2 is 2.43 bits per heavy atom. The number of rotatable bonds is 0. The molecule has 1 spiro atoms. The molecule has 1 saturated carbocycles. The van der Waals surface area contributed by atoms with Crippen LogP contribution in [-0.2, 0) is 9.53 Å². The van der Waals surface area contributed by atoms with E-state index < -0.39 is 5.38 Å². The van der Waals surface area contributed by atoms with Gasteiger partial charge in [-0.15, -0.1) is 11.6 Å². The van der Waals surface area contributed by atoms with Crippen molar-refractivity contribution in [3.8, 4) is 0 Å². The summed E-state index contributed by atoms with van der Waals surface area (Å²) < 4.78 is 5.96. The van der Waals surface area contributed by atoms with Crippen LogP contribution >= 0.6 is 11.6 Å². The van der Waals surface area contributed by atoms with Gasteiger partial charge in [0.25, 0.3) is 0 Å². The van der Waals surface area contributed by atoms with E-state index in [1.54, 1.807) is 0 Å². The Hall–Kier alpha value is -0.340. The van der Waals surface area contributed by atoms with Gasteiger partial charge in [-0.05, 0) is 31.8 Å². The minimum absolute atomic E-state index is 0.0278. The molecule has 0 radical (unpaired) electrons. The quantitative estimate of drug-likeness (QED) is 0.454. The number of hydrogen-bond acceptors (Lipinski definition) is 2. The van der Waals surface area contributed by atoms with E-state index in [0.717, 1.165) is 19.3 Å². The van der Waals surface area contributed by atoms with Crippen LogP contribution in [0.15, 0.2) is 11.6 Å². The number of fused-ring (bicyclic) bond motifs is 1. The first-order chi connectivity index (χ1) is 6.65. The minimum Gasteiger partial charge on any atom is -0.361 e. The third-order valence-corrected chi connectivity index (χ3v) is 4.40. The molecule has 1 saturated heterocycles. The molecule has 4 atom stereocenters. The highest BCUT2D eigenvalue weighted by molar-refractivity contribution is 6.32. The van der Waals surface area contributed by atoms with Crippen molar-refractivity contribution in [1.29, 1.82) is 0 Å². The van der Waals surface area contributed by atoms with E-state index in [4.69, 9.17) is 16.3 Å². The fourth-order valence-electron chi connectivity index (χ4n) is 3.22. The Kier molecular flexibility index (Phi) is 1.67. The number of ketones is 1. The third-order valence-electron chi connectivity index (χ3n) is 3.94. The maximum atomic E-state index is 12.0. The third kappa shape index (κ3) is 0.842. The lowest BCUT2D eigenvalue weighted by atomic mass is 9.81. The Morgan fingerprint density at radius 1 is 1.64 bits per heavy atom. The van der Waals surface area contributed by atoms with Crippen molar-refractivity contribution in [2.24, 2.45) is 5.92 Å². The Balaban J connectivity index is 2.11. The molecule has 2 heterocycles. The molecule has 14 heavy (non-hydrogen) atoms. The van der Waals surface area contributed by atoms with Gasteiger partial charge in [-0.1, -0.05) is 6.08 Å². The van der Waals surface area contributed by atoms with E-state index in [0.29, 0.717) is 0 Å². The largest absolute Gasteiger partial charge is 0.361 e. The van der Waals surface area contributed by atoms with Crippen LogP contribution in [0.5, 0.6) is 0 Å². The summed E-state index contributed by atoms with van der Waals surface area (Å²) in [7, 11) is 0. The predicted octanol–water partition coefficient (Wildman–Crippen LogP) is 2.06. The van der Waals surface area contributed by atoms with Crippen LogP contribution in [0.3, 0.4) is 0 Å². The average molecular weight is 213 g/mol. The highest BCUT2D eigenvalue weighted by Gasteiger charge is 2.59. The molecule has 3 heteroatoms. The Morgan fingerprint density at radius 3 is 3.21 bits per heavy atom. The van der Waals surface area contributed by atoms with Crippen LogP contribution in [0.25, 0.3) is 0 Å². The van der Waals surface area contributed by atoms with Gasteiger partial charge in [0.15, 0.2) is 5.78 Å². The number of carbonyl (C=O) groups is 1. The van der Waals surface area contributed by atoms with E-state index in [1.165, 1.54) is 5.57 Å². The van der Waals surface area contributed by atoms with Gasteiger partial charge in [-0.25, -0.2) is 0 Å². The zero-order valence-corrected chi connectivity index (χ0v) is 8.88. The Bertz CT molecular complexity index is 336. The summed E-state index contributed by atoms with van der Waals surface area (Å²) in [6.07, 6.45) is 4.89. The standard InChI is InChI=1S/C11H13ClO2/c1-6-5-8-9(12)10(13)7-3-2-4-11(6,7)14-8/h5,7-9H,2-4H2,1H3. The van der Waals surface area contributed by atoms with Gasteiger partial charge in [0.2, 0.25) is 0 Å². The van der Waals surface area contributed by atoms with Crippen molar-refractivity contribution < 1.29 is 9.53 Å². The molecule has 4 unspecified atom stereocenters. The van der Waals surface area contributed by atoms with E-state index in [1.807, 2.05) is 6.08 Å². The van der Waals surface area contributed by atoms with Crippen LogP contribution < -0.4 is 0 Å². The molecule has 2 nitrogen and oxygen atoms in total. The van der Waals surface area contributed by atoms with Crippen molar-refractivity contribution in [3.05, 3.63) is 11.6 Å². The molecule has 2 aliphatic heterocycles. The van der Waals surface area contributed by atoms with E-state index in [2.05, 4.69) is 6.92 Å².